The highest BCUT2D eigenvalue weighted by molar-refractivity contribution is 5.79. The lowest BCUT2D eigenvalue weighted by molar-refractivity contribution is 0.386. The van der Waals surface area contributed by atoms with Gasteiger partial charge in [0.15, 0.2) is 5.83 Å². The minimum Gasteiger partial charge on any atom is -0.339 e. The predicted molar refractivity (Wildman–Crippen MR) is 101 cm³/mol. The van der Waals surface area contributed by atoms with Crippen molar-refractivity contribution in [2.45, 2.75) is 33.5 Å². The van der Waals surface area contributed by atoms with Gasteiger partial charge in [0.2, 0.25) is 5.79 Å². The van der Waals surface area contributed by atoms with Crippen LogP contribution in [0, 0.1) is 27.7 Å². The van der Waals surface area contributed by atoms with Crippen LogP contribution in [0.25, 0.3) is 0 Å². The number of anilines is 1. The SMILES string of the molecule is Cc1ccc(NC2=C(F)C=NC(N)(c3ccc(C)c(C)c3)N2)cc1C. The van der Waals surface area contributed by atoms with Crippen LogP contribution in [0.1, 0.15) is 27.8 Å². The Bertz CT molecular complexity index is 885. The molecule has 130 valence electrons. The van der Waals surface area contributed by atoms with Gasteiger partial charge in [-0.2, -0.15) is 0 Å². The van der Waals surface area contributed by atoms with Crippen LogP contribution >= 0.6 is 0 Å². The van der Waals surface area contributed by atoms with Crippen molar-refractivity contribution >= 4 is 11.9 Å². The molecule has 0 aromatic heterocycles. The molecule has 0 bridgehead atoms. The molecule has 0 spiro atoms. The topological polar surface area (TPSA) is 62.4 Å². The van der Waals surface area contributed by atoms with Crippen molar-refractivity contribution in [1.82, 2.24) is 5.32 Å². The van der Waals surface area contributed by atoms with Gasteiger partial charge in [-0.05, 0) is 62.1 Å². The van der Waals surface area contributed by atoms with Crippen LogP contribution in [0.15, 0.2) is 53.0 Å². The van der Waals surface area contributed by atoms with Gasteiger partial charge in [-0.3, -0.25) is 5.73 Å². The average molecular weight is 338 g/mol. The van der Waals surface area contributed by atoms with E-state index in [-0.39, 0.29) is 5.82 Å². The van der Waals surface area contributed by atoms with E-state index in [1.165, 1.54) is 11.1 Å². The first-order valence-electron chi connectivity index (χ1n) is 8.22. The second kappa shape index (κ2) is 6.33. The molecular formula is C20H23FN4. The zero-order chi connectivity index (χ0) is 18.2. The van der Waals surface area contributed by atoms with E-state index in [2.05, 4.69) is 15.6 Å². The Morgan fingerprint density at radius 3 is 2.24 bits per heavy atom. The summed E-state index contributed by atoms with van der Waals surface area (Å²) >= 11 is 0. The van der Waals surface area contributed by atoms with Crippen molar-refractivity contribution in [3.8, 4) is 0 Å². The lowest BCUT2D eigenvalue weighted by atomic mass is 10.0. The predicted octanol–water partition coefficient (Wildman–Crippen LogP) is 3.91. The lowest BCUT2D eigenvalue weighted by Gasteiger charge is -2.32. The molecule has 4 nitrogen and oxygen atoms in total. The summed E-state index contributed by atoms with van der Waals surface area (Å²) in [5.41, 5.74) is 12.6. The van der Waals surface area contributed by atoms with Crippen LogP contribution < -0.4 is 16.4 Å². The molecule has 2 aromatic rings. The zero-order valence-corrected chi connectivity index (χ0v) is 14.9. The van der Waals surface area contributed by atoms with Gasteiger partial charge in [-0.25, -0.2) is 9.38 Å². The number of halogens is 1. The Balaban J connectivity index is 1.89. The third-order valence-electron chi connectivity index (χ3n) is 4.66. The third-order valence-corrected chi connectivity index (χ3v) is 4.66. The number of aryl methyl sites for hydroxylation is 4. The van der Waals surface area contributed by atoms with Crippen molar-refractivity contribution in [2.24, 2.45) is 10.7 Å². The van der Waals surface area contributed by atoms with Gasteiger partial charge >= 0.3 is 0 Å². The molecule has 0 saturated carbocycles. The molecule has 25 heavy (non-hydrogen) atoms. The number of hydrogen-bond acceptors (Lipinski definition) is 4. The maximum atomic E-state index is 14.3. The van der Waals surface area contributed by atoms with E-state index in [1.54, 1.807) is 0 Å². The van der Waals surface area contributed by atoms with E-state index >= 15 is 0 Å². The Morgan fingerprint density at radius 1 is 0.960 bits per heavy atom. The Labute approximate surface area is 147 Å². The normalized spacial score (nSPS) is 19.8. The van der Waals surface area contributed by atoms with Crippen molar-refractivity contribution < 1.29 is 4.39 Å². The monoisotopic (exact) mass is 338 g/mol. The summed E-state index contributed by atoms with van der Waals surface area (Å²) < 4.78 is 14.3. The van der Waals surface area contributed by atoms with E-state index in [0.29, 0.717) is 0 Å². The van der Waals surface area contributed by atoms with Gasteiger partial charge in [0.05, 0.1) is 6.21 Å². The summed E-state index contributed by atoms with van der Waals surface area (Å²) in [4.78, 5) is 4.18. The summed E-state index contributed by atoms with van der Waals surface area (Å²) in [6.45, 7) is 8.10. The van der Waals surface area contributed by atoms with Crippen LogP contribution in [-0.2, 0) is 5.79 Å². The van der Waals surface area contributed by atoms with E-state index < -0.39 is 11.6 Å². The van der Waals surface area contributed by atoms with E-state index in [4.69, 9.17) is 5.73 Å². The first kappa shape index (κ1) is 17.2. The summed E-state index contributed by atoms with van der Waals surface area (Å²) in [6.07, 6.45) is 1.16. The molecule has 1 heterocycles. The number of benzene rings is 2. The van der Waals surface area contributed by atoms with Crippen molar-refractivity contribution in [1.29, 1.82) is 0 Å². The molecule has 0 radical (unpaired) electrons. The van der Waals surface area contributed by atoms with Crippen LogP contribution in [0.2, 0.25) is 0 Å². The average Bonchev–Trinajstić information content (AvgIpc) is 2.57. The first-order valence-corrected chi connectivity index (χ1v) is 8.22. The largest absolute Gasteiger partial charge is 0.339 e. The fourth-order valence-corrected chi connectivity index (χ4v) is 2.69. The van der Waals surface area contributed by atoms with Crippen LogP contribution in [-0.4, -0.2) is 6.21 Å². The minimum absolute atomic E-state index is 0.207. The van der Waals surface area contributed by atoms with Crippen molar-refractivity contribution in [3.05, 3.63) is 75.9 Å². The Kier molecular flexibility index (Phi) is 4.35. The van der Waals surface area contributed by atoms with Crippen molar-refractivity contribution in [3.63, 3.8) is 0 Å². The Hall–Kier alpha value is -2.66. The van der Waals surface area contributed by atoms with Gasteiger partial charge in [-0.1, -0.05) is 24.3 Å². The molecule has 3 rings (SSSR count). The van der Waals surface area contributed by atoms with Crippen molar-refractivity contribution in [2.75, 3.05) is 5.32 Å². The van der Waals surface area contributed by atoms with Crippen LogP contribution in [0.3, 0.4) is 0 Å². The standard InChI is InChI=1S/C20H23FN4/c1-12-5-7-16(9-14(12)3)20(22)23-11-18(21)19(25-20)24-17-8-6-13(2)15(4)10-17/h5-11,24-25H,22H2,1-4H3. The van der Waals surface area contributed by atoms with Gasteiger partial charge in [-0.15, -0.1) is 0 Å². The highest BCUT2D eigenvalue weighted by Gasteiger charge is 2.31. The molecule has 2 aromatic carbocycles. The molecule has 1 aliphatic heterocycles. The number of rotatable bonds is 3. The summed E-state index contributed by atoms with van der Waals surface area (Å²) in [6, 6.07) is 11.7. The van der Waals surface area contributed by atoms with Gasteiger partial charge in [0.25, 0.3) is 0 Å². The molecule has 0 saturated heterocycles. The van der Waals surface area contributed by atoms with E-state index in [1.807, 2.05) is 64.1 Å². The molecule has 0 aliphatic carbocycles. The third kappa shape index (κ3) is 3.42. The van der Waals surface area contributed by atoms with Gasteiger partial charge < -0.3 is 10.6 Å². The summed E-state index contributed by atoms with van der Waals surface area (Å²) in [7, 11) is 0. The zero-order valence-electron chi connectivity index (χ0n) is 14.9. The minimum atomic E-state index is -1.21. The number of hydrogen-bond donors (Lipinski definition) is 3. The maximum absolute atomic E-state index is 14.3. The highest BCUT2D eigenvalue weighted by atomic mass is 19.1. The number of nitrogens with zero attached hydrogens (tertiary/aromatic N) is 1. The second-order valence-electron chi connectivity index (χ2n) is 6.60. The fourth-order valence-electron chi connectivity index (χ4n) is 2.69. The van der Waals surface area contributed by atoms with E-state index in [9.17, 15) is 4.39 Å². The molecule has 1 aliphatic rings. The van der Waals surface area contributed by atoms with Gasteiger partial charge in [0, 0.05) is 11.3 Å². The number of allylic oxidation sites excluding steroid dienone is 1. The smallest absolute Gasteiger partial charge is 0.210 e. The van der Waals surface area contributed by atoms with Crippen LogP contribution in [0.5, 0.6) is 0 Å². The lowest BCUT2D eigenvalue weighted by Crippen LogP contribution is -2.51. The number of aliphatic imine (C=N–C) groups is 1. The molecule has 1 atom stereocenters. The summed E-state index contributed by atoms with van der Waals surface area (Å²) in [5, 5.41) is 6.07. The van der Waals surface area contributed by atoms with Gasteiger partial charge in [0.1, 0.15) is 5.82 Å². The molecule has 1 unspecified atom stereocenters. The molecular weight excluding hydrogens is 315 g/mol. The number of nitrogens with one attached hydrogen (secondary N) is 2. The number of nitrogens with two attached hydrogens (primary N) is 1. The molecule has 0 amide bonds. The maximum Gasteiger partial charge on any atom is 0.210 e. The summed E-state index contributed by atoms with van der Waals surface area (Å²) in [5.74, 6) is -1.49. The quantitative estimate of drug-likeness (QED) is 0.795. The second-order valence-corrected chi connectivity index (χ2v) is 6.60. The fraction of sp³-hybridized carbons (Fsp3) is 0.250. The van der Waals surface area contributed by atoms with Crippen LogP contribution in [0.4, 0.5) is 10.1 Å². The first-order chi connectivity index (χ1) is 11.8. The highest BCUT2D eigenvalue weighted by Crippen LogP contribution is 2.26. The molecule has 4 N–H and O–H groups in total. The van der Waals surface area contributed by atoms with E-state index in [0.717, 1.165) is 28.6 Å². The molecule has 0 fully saturated rings. The Morgan fingerprint density at radius 2 is 1.60 bits per heavy atom. The molecule has 5 heteroatoms.